The summed E-state index contributed by atoms with van der Waals surface area (Å²) < 4.78 is 0. The van der Waals surface area contributed by atoms with Crippen molar-refractivity contribution in [2.45, 2.75) is 59.4 Å². The maximum Gasteiger partial charge on any atom is 0.00998 e. The highest BCUT2D eigenvalue weighted by atomic mass is 14.7. The van der Waals surface area contributed by atoms with Crippen molar-refractivity contribution in [1.29, 1.82) is 0 Å². The second-order valence-electron chi connectivity index (χ2n) is 5.25. The Morgan fingerprint density at radius 2 is 1.86 bits per heavy atom. The maximum absolute atomic E-state index is 6.00. The molecular weight excluding hydrogens is 170 g/mol. The van der Waals surface area contributed by atoms with Gasteiger partial charge in [0.1, 0.15) is 0 Å². The van der Waals surface area contributed by atoms with Crippen LogP contribution in [-0.2, 0) is 0 Å². The molecule has 0 spiro atoms. The van der Waals surface area contributed by atoms with Crippen molar-refractivity contribution in [2.24, 2.45) is 17.6 Å². The fourth-order valence-corrected chi connectivity index (χ4v) is 1.68. The standard InChI is InChI=1S/C13H27N/c1-6-7-8-9-11(2)12(3)10-13(4,5)14/h8-9,11-12H,6-7,10,14H2,1-5H3/b9-8-. The first-order valence-corrected chi connectivity index (χ1v) is 5.82. The van der Waals surface area contributed by atoms with Crippen LogP contribution in [0.1, 0.15) is 53.9 Å². The zero-order valence-corrected chi connectivity index (χ0v) is 10.5. The second kappa shape index (κ2) is 6.23. The van der Waals surface area contributed by atoms with Crippen molar-refractivity contribution >= 4 is 0 Å². The summed E-state index contributed by atoms with van der Waals surface area (Å²) in [7, 11) is 0. The molecule has 1 heteroatoms. The number of hydrogen-bond donors (Lipinski definition) is 1. The van der Waals surface area contributed by atoms with E-state index in [1.807, 2.05) is 0 Å². The van der Waals surface area contributed by atoms with Gasteiger partial charge in [-0.15, -0.1) is 0 Å². The third kappa shape index (κ3) is 7.14. The quantitative estimate of drug-likeness (QED) is 0.645. The predicted molar refractivity (Wildman–Crippen MR) is 65.3 cm³/mol. The number of rotatable bonds is 6. The van der Waals surface area contributed by atoms with Gasteiger partial charge in [-0.05, 0) is 38.5 Å². The van der Waals surface area contributed by atoms with Gasteiger partial charge in [0.25, 0.3) is 0 Å². The van der Waals surface area contributed by atoms with Gasteiger partial charge in [-0.3, -0.25) is 0 Å². The lowest BCUT2D eigenvalue weighted by Gasteiger charge is -2.26. The molecule has 0 heterocycles. The molecule has 0 fully saturated rings. The minimum absolute atomic E-state index is 0.0354. The Labute approximate surface area is 89.8 Å². The van der Waals surface area contributed by atoms with Crippen LogP contribution < -0.4 is 5.73 Å². The van der Waals surface area contributed by atoms with E-state index >= 15 is 0 Å². The number of nitrogens with two attached hydrogens (primary N) is 1. The molecule has 0 aliphatic heterocycles. The minimum atomic E-state index is -0.0354. The fourth-order valence-electron chi connectivity index (χ4n) is 1.68. The van der Waals surface area contributed by atoms with Gasteiger partial charge in [0.05, 0.1) is 0 Å². The molecule has 0 rings (SSSR count). The summed E-state index contributed by atoms with van der Waals surface area (Å²) in [6, 6.07) is 0. The molecule has 0 aromatic carbocycles. The molecule has 0 aliphatic rings. The summed E-state index contributed by atoms with van der Waals surface area (Å²) in [4.78, 5) is 0. The lowest BCUT2D eigenvalue weighted by molar-refractivity contribution is 0.331. The van der Waals surface area contributed by atoms with Crippen LogP contribution in [0.3, 0.4) is 0 Å². The molecule has 14 heavy (non-hydrogen) atoms. The predicted octanol–water partition coefficient (Wildman–Crippen LogP) is 3.74. The van der Waals surface area contributed by atoms with Gasteiger partial charge in [0.15, 0.2) is 0 Å². The molecule has 0 radical (unpaired) electrons. The highest BCUT2D eigenvalue weighted by Gasteiger charge is 2.18. The van der Waals surface area contributed by atoms with Crippen LogP contribution >= 0.6 is 0 Å². The van der Waals surface area contributed by atoms with E-state index in [-0.39, 0.29) is 5.54 Å². The van der Waals surface area contributed by atoms with Gasteiger partial charge in [-0.2, -0.15) is 0 Å². The molecule has 0 aromatic rings. The third-order valence-electron chi connectivity index (χ3n) is 2.64. The van der Waals surface area contributed by atoms with Crippen LogP contribution in [0.15, 0.2) is 12.2 Å². The van der Waals surface area contributed by atoms with E-state index in [4.69, 9.17) is 5.73 Å². The monoisotopic (exact) mass is 197 g/mol. The van der Waals surface area contributed by atoms with Gasteiger partial charge in [0.2, 0.25) is 0 Å². The highest BCUT2D eigenvalue weighted by Crippen LogP contribution is 2.22. The Hall–Kier alpha value is -0.300. The van der Waals surface area contributed by atoms with E-state index < -0.39 is 0 Å². The Morgan fingerprint density at radius 1 is 1.29 bits per heavy atom. The minimum Gasteiger partial charge on any atom is -0.326 e. The lowest BCUT2D eigenvalue weighted by atomic mass is 9.84. The smallest absolute Gasteiger partial charge is 0.00998 e. The molecule has 0 aromatic heterocycles. The van der Waals surface area contributed by atoms with E-state index in [0.717, 1.165) is 6.42 Å². The molecule has 0 bridgehead atoms. The van der Waals surface area contributed by atoms with Crippen LogP contribution in [-0.4, -0.2) is 5.54 Å². The van der Waals surface area contributed by atoms with Crippen molar-refractivity contribution in [3.63, 3.8) is 0 Å². The molecule has 0 aliphatic carbocycles. The van der Waals surface area contributed by atoms with Crippen LogP contribution in [0.25, 0.3) is 0 Å². The van der Waals surface area contributed by atoms with Crippen LogP contribution in [0.2, 0.25) is 0 Å². The normalized spacial score (nSPS) is 17.3. The molecule has 84 valence electrons. The number of allylic oxidation sites excluding steroid dienone is 2. The molecule has 2 atom stereocenters. The second-order valence-corrected chi connectivity index (χ2v) is 5.25. The molecule has 2 unspecified atom stereocenters. The van der Waals surface area contributed by atoms with Gasteiger partial charge >= 0.3 is 0 Å². The van der Waals surface area contributed by atoms with Crippen molar-refractivity contribution in [3.8, 4) is 0 Å². The van der Waals surface area contributed by atoms with Crippen molar-refractivity contribution in [3.05, 3.63) is 12.2 Å². The highest BCUT2D eigenvalue weighted by molar-refractivity contribution is 4.90. The zero-order chi connectivity index (χ0) is 11.2. The lowest BCUT2D eigenvalue weighted by Crippen LogP contribution is -2.35. The van der Waals surface area contributed by atoms with Crippen LogP contribution in [0.5, 0.6) is 0 Å². The zero-order valence-electron chi connectivity index (χ0n) is 10.5. The van der Waals surface area contributed by atoms with Crippen molar-refractivity contribution in [1.82, 2.24) is 0 Å². The summed E-state index contributed by atoms with van der Waals surface area (Å²) in [5.74, 6) is 1.31. The first-order chi connectivity index (χ1) is 6.37. The van der Waals surface area contributed by atoms with Gasteiger partial charge in [0, 0.05) is 5.54 Å². The fraction of sp³-hybridized carbons (Fsp3) is 0.846. The van der Waals surface area contributed by atoms with Crippen LogP contribution in [0, 0.1) is 11.8 Å². The Balaban J connectivity index is 3.93. The first-order valence-electron chi connectivity index (χ1n) is 5.82. The Kier molecular flexibility index (Phi) is 6.10. The summed E-state index contributed by atoms with van der Waals surface area (Å²) in [5.41, 5.74) is 5.97. The van der Waals surface area contributed by atoms with Crippen molar-refractivity contribution in [2.75, 3.05) is 0 Å². The van der Waals surface area contributed by atoms with Crippen molar-refractivity contribution < 1.29 is 0 Å². The molecule has 1 nitrogen and oxygen atoms in total. The van der Waals surface area contributed by atoms with Gasteiger partial charge in [-0.25, -0.2) is 0 Å². The summed E-state index contributed by atoms with van der Waals surface area (Å²) in [5, 5.41) is 0. The van der Waals surface area contributed by atoms with Crippen LogP contribution in [0.4, 0.5) is 0 Å². The summed E-state index contributed by atoms with van der Waals surface area (Å²) in [6.07, 6.45) is 8.15. The molecule has 0 saturated heterocycles. The molecule has 2 N–H and O–H groups in total. The molecule has 0 saturated carbocycles. The number of hydrogen-bond acceptors (Lipinski definition) is 1. The van der Waals surface area contributed by atoms with E-state index in [0.29, 0.717) is 11.8 Å². The molecule has 0 amide bonds. The van der Waals surface area contributed by atoms with E-state index in [1.54, 1.807) is 0 Å². The average Bonchev–Trinajstić information content (AvgIpc) is 2.01. The Bertz CT molecular complexity index is 165. The summed E-state index contributed by atoms with van der Waals surface area (Å²) >= 11 is 0. The van der Waals surface area contributed by atoms with E-state index in [9.17, 15) is 0 Å². The average molecular weight is 197 g/mol. The third-order valence-corrected chi connectivity index (χ3v) is 2.64. The van der Waals surface area contributed by atoms with E-state index in [1.165, 1.54) is 12.8 Å². The Morgan fingerprint density at radius 3 is 2.29 bits per heavy atom. The SMILES string of the molecule is CCC/C=C\C(C)C(C)CC(C)(C)N. The molecular formula is C13H27N. The first kappa shape index (κ1) is 13.7. The van der Waals surface area contributed by atoms with Gasteiger partial charge in [-0.1, -0.05) is 39.3 Å². The van der Waals surface area contributed by atoms with Gasteiger partial charge < -0.3 is 5.73 Å². The van der Waals surface area contributed by atoms with E-state index in [2.05, 4.69) is 46.8 Å². The summed E-state index contributed by atoms with van der Waals surface area (Å²) in [6.45, 7) is 11.0. The topological polar surface area (TPSA) is 26.0 Å². The largest absolute Gasteiger partial charge is 0.326 e. The maximum atomic E-state index is 6.00. The number of unbranched alkanes of at least 4 members (excludes halogenated alkanes) is 1.